The van der Waals surface area contributed by atoms with Crippen molar-refractivity contribution in [2.45, 2.75) is 26.8 Å². The van der Waals surface area contributed by atoms with Crippen molar-refractivity contribution in [3.8, 4) is 22.5 Å². The number of fused-ring (bicyclic) bond motifs is 1. The summed E-state index contributed by atoms with van der Waals surface area (Å²) in [7, 11) is 0. The molecule has 1 aliphatic rings. The van der Waals surface area contributed by atoms with E-state index in [9.17, 15) is 4.79 Å². The Hall–Kier alpha value is -3.94. The van der Waals surface area contributed by atoms with Gasteiger partial charge >= 0.3 is 0 Å². The third kappa shape index (κ3) is 3.12. The normalized spacial score (nSPS) is 13.0. The summed E-state index contributed by atoms with van der Waals surface area (Å²) in [5.41, 5.74) is 5.81. The van der Waals surface area contributed by atoms with Gasteiger partial charge in [-0.15, -0.1) is 10.2 Å². The van der Waals surface area contributed by atoms with E-state index in [1.54, 1.807) is 4.90 Å². The van der Waals surface area contributed by atoms with Crippen LogP contribution < -0.4 is 4.90 Å². The van der Waals surface area contributed by atoms with Crippen molar-refractivity contribution in [3.63, 3.8) is 0 Å². The molecule has 8 nitrogen and oxygen atoms in total. The maximum absolute atomic E-state index is 12.6. The first-order valence-corrected chi connectivity index (χ1v) is 9.67. The molecular weight excluding hydrogens is 378 g/mol. The fraction of sp³-hybridized carbons (Fsp3) is 0.182. The van der Waals surface area contributed by atoms with Gasteiger partial charge in [0, 0.05) is 16.8 Å². The van der Waals surface area contributed by atoms with Gasteiger partial charge < -0.3 is 0 Å². The van der Waals surface area contributed by atoms with Crippen LogP contribution in [-0.4, -0.2) is 36.5 Å². The Morgan fingerprint density at radius 3 is 2.50 bits per heavy atom. The Kier molecular flexibility index (Phi) is 4.31. The summed E-state index contributed by atoms with van der Waals surface area (Å²) in [5, 5.41) is 14.4. The molecule has 0 fully saturated rings. The summed E-state index contributed by atoms with van der Waals surface area (Å²) in [6.45, 7) is 4.26. The van der Waals surface area contributed by atoms with E-state index in [2.05, 4.69) is 30.6 Å². The highest BCUT2D eigenvalue weighted by atomic mass is 16.2. The van der Waals surface area contributed by atoms with Crippen LogP contribution in [-0.2, 0) is 17.8 Å². The minimum atomic E-state index is 0.0551. The first kappa shape index (κ1) is 18.1. The summed E-state index contributed by atoms with van der Waals surface area (Å²) in [6.07, 6.45) is 0.359. The number of hydrogen-bond donors (Lipinski definition) is 1. The Balaban J connectivity index is 1.44. The van der Waals surface area contributed by atoms with Crippen molar-refractivity contribution >= 4 is 11.7 Å². The molecule has 0 spiro atoms. The van der Waals surface area contributed by atoms with Crippen LogP contribution in [0, 0.1) is 13.8 Å². The van der Waals surface area contributed by atoms with Crippen LogP contribution in [0.3, 0.4) is 0 Å². The van der Waals surface area contributed by atoms with Crippen LogP contribution in [0.15, 0.2) is 48.5 Å². The molecule has 1 amide bonds. The van der Waals surface area contributed by atoms with E-state index in [0.29, 0.717) is 24.6 Å². The van der Waals surface area contributed by atoms with Crippen LogP contribution in [0.5, 0.6) is 0 Å². The lowest BCUT2D eigenvalue weighted by Crippen LogP contribution is -2.26. The fourth-order valence-corrected chi connectivity index (χ4v) is 3.85. The maximum atomic E-state index is 12.6. The summed E-state index contributed by atoms with van der Waals surface area (Å²) in [6, 6.07) is 16.1. The van der Waals surface area contributed by atoms with E-state index in [1.165, 1.54) is 0 Å². The summed E-state index contributed by atoms with van der Waals surface area (Å²) >= 11 is 0. The van der Waals surface area contributed by atoms with Crippen molar-refractivity contribution in [1.82, 2.24) is 30.6 Å². The number of aromatic amines is 1. The van der Waals surface area contributed by atoms with Crippen molar-refractivity contribution in [1.29, 1.82) is 0 Å². The molecule has 30 heavy (non-hydrogen) atoms. The largest absolute Gasteiger partial charge is 0.292 e. The lowest BCUT2D eigenvalue weighted by Gasteiger charge is -2.17. The minimum Gasteiger partial charge on any atom is -0.292 e. The van der Waals surface area contributed by atoms with Crippen molar-refractivity contribution < 1.29 is 4.79 Å². The standard InChI is InChI=1S/C22H19N7O/c1-13-19-11-20(30)29(22(19)24-14(2)23-13)12-15-7-9-16(10-8-15)17-5-3-4-6-18(17)21-25-27-28-26-21/h3-10H,11-12H2,1-2H3,(H,25,26,27,28). The predicted octanol–water partition coefficient (Wildman–Crippen LogP) is 3.03. The molecule has 1 aliphatic heterocycles. The van der Waals surface area contributed by atoms with E-state index in [0.717, 1.165) is 39.3 Å². The molecule has 5 rings (SSSR count). The van der Waals surface area contributed by atoms with Crippen LogP contribution in [0.4, 0.5) is 5.82 Å². The quantitative estimate of drug-likeness (QED) is 0.568. The number of tetrazole rings is 1. The molecule has 4 aromatic rings. The number of amides is 1. The van der Waals surface area contributed by atoms with Gasteiger partial charge in [-0.05, 0) is 35.8 Å². The highest BCUT2D eigenvalue weighted by molar-refractivity contribution is 6.00. The number of benzene rings is 2. The average Bonchev–Trinajstić information content (AvgIpc) is 3.38. The molecule has 1 N–H and O–H groups in total. The first-order chi connectivity index (χ1) is 14.6. The first-order valence-electron chi connectivity index (χ1n) is 9.67. The number of nitrogens with zero attached hydrogens (tertiary/aromatic N) is 6. The number of carbonyl (C=O) groups excluding carboxylic acids is 1. The van der Waals surface area contributed by atoms with Crippen LogP contribution >= 0.6 is 0 Å². The highest BCUT2D eigenvalue weighted by Crippen LogP contribution is 2.32. The highest BCUT2D eigenvalue weighted by Gasteiger charge is 2.31. The van der Waals surface area contributed by atoms with Crippen LogP contribution in [0.1, 0.15) is 22.6 Å². The molecule has 0 unspecified atom stereocenters. The van der Waals surface area contributed by atoms with E-state index in [1.807, 2.05) is 62.4 Å². The Bertz CT molecular complexity index is 1230. The molecule has 0 aliphatic carbocycles. The molecule has 8 heteroatoms. The average molecular weight is 397 g/mol. The van der Waals surface area contributed by atoms with Crippen molar-refractivity contribution in [2.75, 3.05) is 4.90 Å². The summed E-state index contributed by atoms with van der Waals surface area (Å²) in [4.78, 5) is 23.3. The van der Waals surface area contributed by atoms with Gasteiger partial charge in [-0.1, -0.05) is 48.5 Å². The molecule has 148 valence electrons. The monoisotopic (exact) mass is 397 g/mol. The third-order valence-corrected chi connectivity index (χ3v) is 5.31. The van der Waals surface area contributed by atoms with E-state index in [-0.39, 0.29) is 5.91 Å². The lowest BCUT2D eigenvalue weighted by molar-refractivity contribution is -0.117. The topological polar surface area (TPSA) is 101 Å². The number of H-pyrrole nitrogens is 1. The predicted molar refractivity (Wildman–Crippen MR) is 111 cm³/mol. The zero-order chi connectivity index (χ0) is 20.7. The minimum absolute atomic E-state index is 0.0551. The number of aryl methyl sites for hydroxylation is 2. The van der Waals surface area contributed by atoms with E-state index in [4.69, 9.17) is 0 Å². The molecular formula is C22H19N7O. The van der Waals surface area contributed by atoms with Crippen molar-refractivity contribution in [3.05, 3.63) is 71.2 Å². The molecule has 0 radical (unpaired) electrons. The van der Waals surface area contributed by atoms with Gasteiger partial charge in [-0.3, -0.25) is 9.69 Å². The van der Waals surface area contributed by atoms with Gasteiger partial charge in [0.2, 0.25) is 11.7 Å². The number of carbonyl (C=O) groups is 1. The molecule has 0 saturated heterocycles. The maximum Gasteiger partial charge on any atom is 0.233 e. The molecule has 3 heterocycles. The molecule has 0 bridgehead atoms. The molecule has 2 aromatic carbocycles. The smallest absolute Gasteiger partial charge is 0.233 e. The molecule has 0 atom stereocenters. The summed E-state index contributed by atoms with van der Waals surface area (Å²) in [5.74, 6) is 2.02. The van der Waals surface area contributed by atoms with Crippen molar-refractivity contribution in [2.24, 2.45) is 0 Å². The van der Waals surface area contributed by atoms with Crippen LogP contribution in [0.25, 0.3) is 22.5 Å². The van der Waals surface area contributed by atoms with Gasteiger partial charge in [-0.25, -0.2) is 9.97 Å². The summed E-state index contributed by atoms with van der Waals surface area (Å²) < 4.78 is 0. The lowest BCUT2D eigenvalue weighted by atomic mass is 9.98. The Labute approximate surface area is 173 Å². The number of anilines is 1. The number of hydrogen-bond acceptors (Lipinski definition) is 6. The Morgan fingerprint density at radius 2 is 1.77 bits per heavy atom. The number of rotatable bonds is 4. The SMILES string of the molecule is Cc1nc(C)c2c(n1)N(Cc1ccc(-c3ccccc3-c3nn[nH]n3)cc1)C(=O)C2. The number of aromatic nitrogens is 6. The van der Waals surface area contributed by atoms with Gasteiger partial charge in [0.1, 0.15) is 11.6 Å². The van der Waals surface area contributed by atoms with Gasteiger partial charge in [0.25, 0.3) is 0 Å². The fourth-order valence-electron chi connectivity index (χ4n) is 3.85. The second kappa shape index (κ2) is 7.14. The second-order valence-electron chi connectivity index (χ2n) is 7.29. The van der Waals surface area contributed by atoms with Gasteiger partial charge in [0.05, 0.1) is 13.0 Å². The molecule has 2 aromatic heterocycles. The zero-order valence-corrected chi connectivity index (χ0v) is 16.6. The third-order valence-electron chi connectivity index (χ3n) is 5.31. The molecule has 0 saturated carbocycles. The zero-order valence-electron chi connectivity index (χ0n) is 16.6. The van der Waals surface area contributed by atoms with E-state index < -0.39 is 0 Å². The van der Waals surface area contributed by atoms with Gasteiger partial charge in [0.15, 0.2) is 0 Å². The van der Waals surface area contributed by atoms with Crippen LogP contribution in [0.2, 0.25) is 0 Å². The second-order valence-corrected chi connectivity index (χ2v) is 7.29. The van der Waals surface area contributed by atoms with E-state index >= 15 is 0 Å². The van der Waals surface area contributed by atoms with Gasteiger partial charge in [-0.2, -0.15) is 5.21 Å². The Morgan fingerprint density at radius 1 is 1.00 bits per heavy atom. The number of nitrogens with one attached hydrogen (secondary N) is 1.